The van der Waals surface area contributed by atoms with E-state index >= 15 is 0 Å². The number of carbonyl (C=O) groups excluding carboxylic acids is 2. The van der Waals surface area contributed by atoms with Gasteiger partial charge in [-0.3, -0.25) is 9.69 Å². The smallest absolute Gasteiger partial charge is 0.410 e. The lowest BCUT2D eigenvalue weighted by Gasteiger charge is -2.47. The first kappa shape index (κ1) is 17.9. The second-order valence-corrected chi connectivity index (χ2v) is 6.67. The summed E-state index contributed by atoms with van der Waals surface area (Å²) in [6.45, 7) is 1.63. The fraction of sp³-hybridized carbons (Fsp3) is 0.579. The first-order chi connectivity index (χ1) is 12.2. The van der Waals surface area contributed by atoms with Crippen LogP contribution in [0.3, 0.4) is 0 Å². The van der Waals surface area contributed by atoms with Crippen LogP contribution in [0.25, 0.3) is 0 Å². The zero-order chi connectivity index (χ0) is 17.6. The number of benzene rings is 1. The highest BCUT2D eigenvalue weighted by Gasteiger charge is 2.44. The second kappa shape index (κ2) is 8.45. The average molecular weight is 347 g/mol. The molecule has 2 atom stereocenters. The van der Waals surface area contributed by atoms with Crippen molar-refractivity contribution in [3.8, 4) is 0 Å². The van der Waals surface area contributed by atoms with Gasteiger partial charge in [0.2, 0.25) is 0 Å². The third-order valence-corrected chi connectivity index (χ3v) is 4.94. The number of morpholine rings is 1. The summed E-state index contributed by atoms with van der Waals surface area (Å²) in [6.07, 6.45) is 1.39. The molecular weight excluding hydrogens is 322 g/mol. The van der Waals surface area contributed by atoms with Gasteiger partial charge < -0.3 is 14.2 Å². The van der Waals surface area contributed by atoms with E-state index in [1.54, 1.807) is 12.0 Å². The Hall–Kier alpha value is -1.92. The molecule has 0 aromatic heterocycles. The SMILES string of the molecule is COCCC(=O)C1CC2COCC(C1)N2C(=O)OCc1ccccc1. The number of Topliss-reactive ketones (excluding diaryl/α,β-unsaturated/α-hetero) is 1. The molecule has 0 N–H and O–H groups in total. The Kier molecular flexibility index (Phi) is 6.04. The van der Waals surface area contributed by atoms with E-state index < -0.39 is 0 Å². The summed E-state index contributed by atoms with van der Waals surface area (Å²) in [4.78, 5) is 26.7. The molecular formula is C19H25NO5. The normalized spacial score (nSPS) is 25.5. The van der Waals surface area contributed by atoms with E-state index in [1.165, 1.54) is 0 Å². The minimum absolute atomic E-state index is 0.0211. The number of piperidine rings is 1. The maximum atomic E-state index is 12.6. The van der Waals surface area contributed by atoms with Crippen LogP contribution in [-0.2, 0) is 25.6 Å². The molecule has 0 saturated carbocycles. The Bertz CT molecular complexity index is 577. The van der Waals surface area contributed by atoms with Crippen LogP contribution in [0, 0.1) is 5.92 Å². The van der Waals surface area contributed by atoms with E-state index in [-0.39, 0.29) is 36.5 Å². The third kappa shape index (κ3) is 4.38. The monoisotopic (exact) mass is 347 g/mol. The third-order valence-electron chi connectivity index (χ3n) is 4.94. The predicted octanol–water partition coefficient (Wildman–Crippen LogP) is 2.41. The lowest BCUT2D eigenvalue weighted by molar-refractivity contribution is -0.132. The number of amides is 1. The van der Waals surface area contributed by atoms with Gasteiger partial charge in [0.1, 0.15) is 12.4 Å². The molecule has 6 heteroatoms. The van der Waals surface area contributed by atoms with E-state index in [9.17, 15) is 9.59 Å². The zero-order valence-electron chi connectivity index (χ0n) is 14.6. The number of methoxy groups -OCH3 is 1. The van der Waals surface area contributed by atoms with Crippen molar-refractivity contribution in [3.63, 3.8) is 0 Å². The molecule has 2 aliphatic rings. The van der Waals surface area contributed by atoms with E-state index in [0.29, 0.717) is 39.1 Å². The van der Waals surface area contributed by atoms with Gasteiger partial charge in [-0.25, -0.2) is 4.79 Å². The van der Waals surface area contributed by atoms with Crippen LogP contribution in [0.5, 0.6) is 0 Å². The van der Waals surface area contributed by atoms with Crippen LogP contribution >= 0.6 is 0 Å². The van der Waals surface area contributed by atoms with Crippen molar-refractivity contribution in [1.29, 1.82) is 0 Å². The van der Waals surface area contributed by atoms with Crippen molar-refractivity contribution in [3.05, 3.63) is 35.9 Å². The number of nitrogens with zero attached hydrogens (tertiary/aromatic N) is 1. The molecule has 2 bridgehead atoms. The van der Waals surface area contributed by atoms with Crippen LogP contribution in [0.1, 0.15) is 24.8 Å². The molecule has 136 valence electrons. The van der Waals surface area contributed by atoms with Gasteiger partial charge in [0, 0.05) is 19.4 Å². The number of ether oxygens (including phenoxy) is 3. The topological polar surface area (TPSA) is 65.1 Å². The maximum Gasteiger partial charge on any atom is 0.410 e. The van der Waals surface area contributed by atoms with Crippen molar-refractivity contribution >= 4 is 11.9 Å². The van der Waals surface area contributed by atoms with Gasteiger partial charge in [0.15, 0.2) is 0 Å². The number of hydrogen-bond acceptors (Lipinski definition) is 5. The van der Waals surface area contributed by atoms with E-state index in [1.807, 2.05) is 30.3 Å². The molecule has 1 aromatic rings. The molecule has 1 aromatic carbocycles. The Morgan fingerprint density at radius 3 is 2.48 bits per heavy atom. The molecule has 0 spiro atoms. The summed E-state index contributed by atoms with van der Waals surface area (Å²) in [6, 6.07) is 9.44. The summed E-state index contributed by atoms with van der Waals surface area (Å²) < 4.78 is 16.1. The summed E-state index contributed by atoms with van der Waals surface area (Å²) in [5.74, 6) is 0.197. The van der Waals surface area contributed by atoms with Crippen molar-refractivity contribution in [2.75, 3.05) is 26.9 Å². The first-order valence-electron chi connectivity index (χ1n) is 8.77. The van der Waals surface area contributed by atoms with Gasteiger partial charge >= 0.3 is 6.09 Å². The van der Waals surface area contributed by atoms with Crippen molar-refractivity contribution in [1.82, 2.24) is 4.90 Å². The molecule has 2 saturated heterocycles. The van der Waals surface area contributed by atoms with Gasteiger partial charge in [0.25, 0.3) is 0 Å². The standard InChI is InChI=1S/C19H25NO5/c1-23-8-7-18(21)15-9-16-12-24-13-17(10-15)20(16)19(22)25-11-14-5-3-2-4-6-14/h2-6,15-17H,7-13H2,1H3. The van der Waals surface area contributed by atoms with E-state index in [4.69, 9.17) is 14.2 Å². The quantitative estimate of drug-likeness (QED) is 0.791. The summed E-state index contributed by atoms with van der Waals surface area (Å²) in [7, 11) is 1.60. The van der Waals surface area contributed by atoms with Gasteiger partial charge in [-0.2, -0.15) is 0 Å². The van der Waals surface area contributed by atoms with Gasteiger partial charge in [-0.05, 0) is 18.4 Å². The van der Waals surface area contributed by atoms with Crippen LogP contribution in [0.2, 0.25) is 0 Å². The fourth-order valence-corrected chi connectivity index (χ4v) is 3.68. The van der Waals surface area contributed by atoms with Crippen molar-refractivity contribution in [2.45, 2.75) is 38.0 Å². The average Bonchev–Trinajstić information content (AvgIpc) is 2.64. The van der Waals surface area contributed by atoms with Crippen LogP contribution in [0.15, 0.2) is 30.3 Å². The number of fused-ring (bicyclic) bond motifs is 2. The summed E-state index contributed by atoms with van der Waals surface area (Å²) >= 11 is 0. The highest BCUT2D eigenvalue weighted by molar-refractivity contribution is 5.81. The lowest BCUT2D eigenvalue weighted by Crippen LogP contribution is -2.60. The highest BCUT2D eigenvalue weighted by atomic mass is 16.6. The van der Waals surface area contributed by atoms with Crippen molar-refractivity contribution in [2.24, 2.45) is 5.92 Å². The molecule has 1 amide bonds. The van der Waals surface area contributed by atoms with Crippen LogP contribution < -0.4 is 0 Å². The molecule has 2 heterocycles. The van der Waals surface area contributed by atoms with Crippen molar-refractivity contribution < 1.29 is 23.8 Å². The van der Waals surface area contributed by atoms with Gasteiger partial charge in [-0.1, -0.05) is 30.3 Å². The first-order valence-corrected chi connectivity index (χ1v) is 8.77. The molecule has 25 heavy (non-hydrogen) atoms. The molecule has 0 aliphatic carbocycles. The Morgan fingerprint density at radius 2 is 1.84 bits per heavy atom. The Morgan fingerprint density at radius 1 is 1.16 bits per heavy atom. The highest BCUT2D eigenvalue weighted by Crippen LogP contribution is 2.33. The van der Waals surface area contributed by atoms with E-state index in [2.05, 4.69) is 0 Å². The molecule has 6 nitrogen and oxygen atoms in total. The van der Waals surface area contributed by atoms with Crippen LogP contribution in [0.4, 0.5) is 4.79 Å². The molecule has 3 rings (SSSR count). The summed E-state index contributed by atoms with van der Waals surface area (Å²) in [5.41, 5.74) is 0.960. The minimum Gasteiger partial charge on any atom is -0.445 e. The summed E-state index contributed by atoms with van der Waals surface area (Å²) in [5, 5.41) is 0. The number of carbonyl (C=O) groups is 2. The van der Waals surface area contributed by atoms with Gasteiger partial charge in [0.05, 0.1) is 31.9 Å². The number of hydrogen-bond donors (Lipinski definition) is 0. The maximum absolute atomic E-state index is 12.6. The number of rotatable bonds is 6. The Labute approximate surface area is 148 Å². The lowest BCUT2D eigenvalue weighted by atomic mass is 9.82. The fourth-order valence-electron chi connectivity index (χ4n) is 3.68. The Balaban J connectivity index is 1.59. The molecule has 0 radical (unpaired) electrons. The van der Waals surface area contributed by atoms with Gasteiger partial charge in [-0.15, -0.1) is 0 Å². The van der Waals surface area contributed by atoms with E-state index in [0.717, 1.165) is 5.56 Å². The minimum atomic E-state index is -0.315. The second-order valence-electron chi connectivity index (χ2n) is 6.67. The molecule has 2 fully saturated rings. The molecule has 2 aliphatic heterocycles. The molecule has 2 unspecified atom stereocenters. The van der Waals surface area contributed by atoms with Crippen LogP contribution in [-0.4, -0.2) is 55.8 Å². The zero-order valence-corrected chi connectivity index (χ0v) is 14.6. The number of ketones is 1. The largest absolute Gasteiger partial charge is 0.445 e. The predicted molar refractivity (Wildman–Crippen MR) is 91.1 cm³/mol.